The average Bonchev–Trinajstić information content (AvgIpc) is 2.29. The first-order valence-electron chi connectivity index (χ1n) is 6.06. The third kappa shape index (κ3) is 2.23. The SMILES string of the molecule is CN(c1ccc(N)cc1N)C1CCCCC1. The number of hydrogen-bond donors (Lipinski definition) is 2. The van der Waals surface area contributed by atoms with Gasteiger partial charge in [-0.15, -0.1) is 0 Å². The van der Waals surface area contributed by atoms with Crippen molar-refractivity contribution in [2.75, 3.05) is 23.4 Å². The normalized spacial score (nSPS) is 17.3. The lowest BCUT2D eigenvalue weighted by molar-refractivity contribution is 0.428. The highest BCUT2D eigenvalue weighted by atomic mass is 15.1. The molecule has 0 atom stereocenters. The molecule has 1 aliphatic carbocycles. The molecule has 3 heteroatoms. The van der Waals surface area contributed by atoms with E-state index in [0.29, 0.717) is 6.04 Å². The van der Waals surface area contributed by atoms with Crippen molar-refractivity contribution in [1.29, 1.82) is 0 Å². The Balaban J connectivity index is 2.15. The summed E-state index contributed by atoms with van der Waals surface area (Å²) in [7, 11) is 2.14. The Labute approximate surface area is 97.4 Å². The van der Waals surface area contributed by atoms with Crippen LogP contribution in [0.5, 0.6) is 0 Å². The van der Waals surface area contributed by atoms with Crippen molar-refractivity contribution in [3.05, 3.63) is 18.2 Å². The van der Waals surface area contributed by atoms with E-state index in [1.54, 1.807) is 0 Å². The van der Waals surface area contributed by atoms with Crippen LogP contribution in [-0.2, 0) is 0 Å². The number of nitrogens with two attached hydrogens (primary N) is 2. The Kier molecular flexibility index (Phi) is 3.22. The van der Waals surface area contributed by atoms with E-state index in [-0.39, 0.29) is 0 Å². The van der Waals surface area contributed by atoms with Gasteiger partial charge in [-0.2, -0.15) is 0 Å². The molecule has 4 N–H and O–H groups in total. The molecule has 16 heavy (non-hydrogen) atoms. The summed E-state index contributed by atoms with van der Waals surface area (Å²) in [5, 5.41) is 0. The molecule has 1 saturated carbocycles. The van der Waals surface area contributed by atoms with Gasteiger partial charge in [-0.25, -0.2) is 0 Å². The van der Waals surface area contributed by atoms with Crippen molar-refractivity contribution in [3.63, 3.8) is 0 Å². The van der Waals surface area contributed by atoms with E-state index in [1.165, 1.54) is 32.1 Å². The molecule has 88 valence electrons. The molecule has 0 aromatic heterocycles. The zero-order chi connectivity index (χ0) is 11.5. The lowest BCUT2D eigenvalue weighted by Gasteiger charge is -2.33. The molecule has 1 aromatic carbocycles. The molecule has 0 amide bonds. The van der Waals surface area contributed by atoms with Crippen LogP contribution in [0, 0.1) is 0 Å². The van der Waals surface area contributed by atoms with E-state index in [4.69, 9.17) is 11.5 Å². The Morgan fingerprint density at radius 1 is 1.12 bits per heavy atom. The highest BCUT2D eigenvalue weighted by Crippen LogP contribution is 2.30. The third-order valence-electron chi connectivity index (χ3n) is 3.55. The van der Waals surface area contributed by atoms with Crippen molar-refractivity contribution >= 4 is 17.1 Å². The summed E-state index contributed by atoms with van der Waals surface area (Å²) in [6, 6.07) is 6.43. The summed E-state index contributed by atoms with van der Waals surface area (Å²) in [6.07, 6.45) is 6.61. The molecule has 3 nitrogen and oxygen atoms in total. The fraction of sp³-hybridized carbons (Fsp3) is 0.538. The van der Waals surface area contributed by atoms with Gasteiger partial charge in [0.2, 0.25) is 0 Å². The predicted molar refractivity (Wildman–Crippen MR) is 70.5 cm³/mol. The molecule has 0 aliphatic heterocycles. The predicted octanol–water partition coefficient (Wildman–Crippen LogP) is 2.62. The molecule has 0 spiro atoms. The quantitative estimate of drug-likeness (QED) is 0.752. The van der Waals surface area contributed by atoms with Gasteiger partial charge in [0.05, 0.1) is 11.4 Å². The van der Waals surface area contributed by atoms with E-state index in [0.717, 1.165) is 17.1 Å². The first-order chi connectivity index (χ1) is 7.68. The summed E-state index contributed by atoms with van der Waals surface area (Å²) in [6.45, 7) is 0. The van der Waals surface area contributed by atoms with Crippen LogP contribution in [0.2, 0.25) is 0 Å². The zero-order valence-corrected chi connectivity index (χ0v) is 9.95. The van der Waals surface area contributed by atoms with Crippen LogP contribution >= 0.6 is 0 Å². The van der Waals surface area contributed by atoms with E-state index in [2.05, 4.69) is 11.9 Å². The molecule has 0 unspecified atom stereocenters. The summed E-state index contributed by atoms with van der Waals surface area (Å²) in [5.41, 5.74) is 14.3. The molecule has 0 bridgehead atoms. The summed E-state index contributed by atoms with van der Waals surface area (Å²) in [5.74, 6) is 0. The first-order valence-corrected chi connectivity index (χ1v) is 6.06. The minimum atomic E-state index is 0.639. The lowest BCUT2D eigenvalue weighted by atomic mass is 9.94. The molecular formula is C13H21N3. The van der Waals surface area contributed by atoms with E-state index in [9.17, 15) is 0 Å². The molecule has 1 aliphatic rings. The smallest absolute Gasteiger partial charge is 0.0601 e. The number of anilines is 3. The molecule has 1 fully saturated rings. The van der Waals surface area contributed by atoms with Crippen LogP contribution in [-0.4, -0.2) is 13.1 Å². The van der Waals surface area contributed by atoms with E-state index in [1.807, 2.05) is 18.2 Å². The van der Waals surface area contributed by atoms with Gasteiger partial charge in [-0.3, -0.25) is 0 Å². The number of hydrogen-bond acceptors (Lipinski definition) is 3. The molecular weight excluding hydrogens is 198 g/mol. The average molecular weight is 219 g/mol. The molecule has 2 rings (SSSR count). The molecule has 0 radical (unpaired) electrons. The standard InChI is InChI=1S/C13H21N3/c1-16(11-5-3-2-4-6-11)13-8-7-10(14)9-12(13)15/h7-9,11H,2-6,14-15H2,1H3. The maximum absolute atomic E-state index is 6.01. The minimum Gasteiger partial charge on any atom is -0.399 e. The number of nitrogens with zero attached hydrogens (tertiary/aromatic N) is 1. The van der Waals surface area contributed by atoms with Gasteiger partial charge in [0.1, 0.15) is 0 Å². The van der Waals surface area contributed by atoms with Crippen molar-refractivity contribution in [1.82, 2.24) is 0 Å². The fourth-order valence-corrected chi connectivity index (χ4v) is 2.56. The maximum Gasteiger partial charge on any atom is 0.0601 e. The van der Waals surface area contributed by atoms with Gasteiger partial charge in [-0.1, -0.05) is 19.3 Å². The number of nitrogen functional groups attached to an aromatic ring is 2. The summed E-state index contributed by atoms with van der Waals surface area (Å²) < 4.78 is 0. The molecule has 1 aromatic rings. The second kappa shape index (κ2) is 4.64. The Hall–Kier alpha value is -1.38. The lowest BCUT2D eigenvalue weighted by Crippen LogP contribution is -2.33. The van der Waals surface area contributed by atoms with Gasteiger partial charge in [0.15, 0.2) is 0 Å². The van der Waals surface area contributed by atoms with Crippen molar-refractivity contribution in [2.24, 2.45) is 0 Å². The topological polar surface area (TPSA) is 55.3 Å². The van der Waals surface area contributed by atoms with E-state index >= 15 is 0 Å². The van der Waals surface area contributed by atoms with Crippen LogP contribution in [0.1, 0.15) is 32.1 Å². The van der Waals surface area contributed by atoms with Gasteiger partial charge >= 0.3 is 0 Å². The Morgan fingerprint density at radius 3 is 2.44 bits per heavy atom. The maximum atomic E-state index is 6.01. The van der Waals surface area contributed by atoms with Crippen molar-refractivity contribution < 1.29 is 0 Å². The largest absolute Gasteiger partial charge is 0.399 e. The summed E-state index contributed by atoms with van der Waals surface area (Å²) in [4.78, 5) is 2.31. The van der Waals surface area contributed by atoms with Crippen LogP contribution in [0.15, 0.2) is 18.2 Å². The Bertz CT molecular complexity index is 356. The zero-order valence-electron chi connectivity index (χ0n) is 9.95. The van der Waals surface area contributed by atoms with Crippen LogP contribution in [0.25, 0.3) is 0 Å². The van der Waals surface area contributed by atoms with Gasteiger partial charge in [0, 0.05) is 18.8 Å². The van der Waals surface area contributed by atoms with Crippen LogP contribution in [0.4, 0.5) is 17.1 Å². The highest BCUT2D eigenvalue weighted by Gasteiger charge is 2.19. The minimum absolute atomic E-state index is 0.639. The monoisotopic (exact) mass is 219 g/mol. The molecule has 0 saturated heterocycles. The third-order valence-corrected chi connectivity index (χ3v) is 3.55. The number of benzene rings is 1. The second-order valence-corrected chi connectivity index (χ2v) is 4.72. The van der Waals surface area contributed by atoms with E-state index < -0.39 is 0 Å². The van der Waals surface area contributed by atoms with Crippen LogP contribution < -0.4 is 16.4 Å². The number of rotatable bonds is 2. The van der Waals surface area contributed by atoms with Crippen LogP contribution in [0.3, 0.4) is 0 Å². The first kappa shape index (κ1) is 11.1. The summed E-state index contributed by atoms with van der Waals surface area (Å²) >= 11 is 0. The second-order valence-electron chi connectivity index (χ2n) is 4.72. The molecule has 0 heterocycles. The highest BCUT2D eigenvalue weighted by molar-refractivity contribution is 5.71. The van der Waals surface area contributed by atoms with Gasteiger partial charge in [0.25, 0.3) is 0 Å². The van der Waals surface area contributed by atoms with Crippen molar-refractivity contribution in [3.8, 4) is 0 Å². The fourth-order valence-electron chi connectivity index (χ4n) is 2.56. The van der Waals surface area contributed by atoms with Crippen molar-refractivity contribution in [2.45, 2.75) is 38.1 Å². The van der Waals surface area contributed by atoms with Gasteiger partial charge in [-0.05, 0) is 31.0 Å². The van der Waals surface area contributed by atoms with Gasteiger partial charge < -0.3 is 16.4 Å². The Morgan fingerprint density at radius 2 is 1.81 bits per heavy atom.